The molecule has 4 aromatic rings. The molecule has 5 heterocycles. The Morgan fingerprint density at radius 1 is 1.18 bits per heavy atom. The lowest BCUT2D eigenvalue weighted by molar-refractivity contribution is -0.142. The van der Waals surface area contributed by atoms with Gasteiger partial charge in [-0.2, -0.15) is 5.10 Å². The van der Waals surface area contributed by atoms with E-state index >= 15 is 0 Å². The van der Waals surface area contributed by atoms with E-state index in [2.05, 4.69) is 9.67 Å². The second-order valence-corrected chi connectivity index (χ2v) is 11.2. The number of rotatable bonds is 8. The number of aromatic nitrogens is 4. The number of ether oxygens (including phenoxy) is 2. The molecule has 232 valence electrons. The van der Waals surface area contributed by atoms with Gasteiger partial charge in [-0.25, -0.2) is 13.8 Å². The Kier molecular flexibility index (Phi) is 8.35. The van der Waals surface area contributed by atoms with Crippen LogP contribution < -0.4 is 4.90 Å². The standard InChI is InChI=1S/C32H36F2N6O4/c1-4-44-30(42)15-21-18-39-12-10-35-29(39)17-25(21)24-6-5-23(16-26(24)31(33)34)37(3)32-27-19-38(20(2)41)11-7-28(27)40(36-32)22-8-13-43-14-9-22/h5-6,10,12,16-18,22,31H,4,7-9,11,13-15,19H2,1-3H3. The zero-order valence-corrected chi connectivity index (χ0v) is 25.1. The number of fused-ring (bicyclic) bond motifs is 2. The van der Waals surface area contributed by atoms with Crippen LogP contribution >= 0.6 is 0 Å². The Morgan fingerprint density at radius 3 is 2.70 bits per heavy atom. The quantitative estimate of drug-likeness (QED) is 0.253. The monoisotopic (exact) mass is 606 g/mol. The molecule has 0 saturated carbocycles. The van der Waals surface area contributed by atoms with Crippen molar-refractivity contribution in [2.75, 3.05) is 38.3 Å². The summed E-state index contributed by atoms with van der Waals surface area (Å²) < 4.78 is 44.1. The third kappa shape index (κ3) is 5.66. The lowest BCUT2D eigenvalue weighted by Gasteiger charge is -2.29. The summed E-state index contributed by atoms with van der Waals surface area (Å²) in [6.07, 6.45) is 4.60. The van der Waals surface area contributed by atoms with E-state index in [4.69, 9.17) is 14.6 Å². The zero-order chi connectivity index (χ0) is 31.0. The van der Waals surface area contributed by atoms with E-state index < -0.39 is 12.4 Å². The van der Waals surface area contributed by atoms with Gasteiger partial charge in [-0.15, -0.1) is 0 Å². The molecule has 0 spiro atoms. The third-order valence-electron chi connectivity index (χ3n) is 8.57. The van der Waals surface area contributed by atoms with Crippen molar-refractivity contribution in [3.8, 4) is 11.1 Å². The number of amides is 1. The van der Waals surface area contributed by atoms with E-state index in [1.807, 2.05) is 11.9 Å². The van der Waals surface area contributed by atoms with Gasteiger partial charge in [0.2, 0.25) is 5.91 Å². The summed E-state index contributed by atoms with van der Waals surface area (Å²) in [5.74, 6) is 0.195. The number of carbonyl (C=O) groups is 2. The topological polar surface area (TPSA) is 94.2 Å². The molecule has 0 unspecified atom stereocenters. The van der Waals surface area contributed by atoms with E-state index in [0.29, 0.717) is 66.6 Å². The van der Waals surface area contributed by atoms with Gasteiger partial charge in [0.25, 0.3) is 6.43 Å². The van der Waals surface area contributed by atoms with Crippen LogP contribution in [-0.2, 0) is 38.4 Å². The number of hydrogen-bond acceptors (Lipinski definition) is 7. The molecule has 1 amide bonds. The molecule has 2 aliphatic heterocycles. The van der Waals surface area contributed by atoms with Crippen LogP contribution in [0.2, 0.25) is 0 Å². The molecule has 6 rings (SSSR count). The predicted molar refractivity (Wildman–Crippen MR) is 160 cm³/mol. The molecule has 3 aromatic heterocycles. The van der Waals surface area contributed by atoms with Crippen LogP contribution in [0.25, 0.3) is 16.8 Å². The van der Waals surface area contributed by atoms with Crippen LogP contribution in [0.4, 0.5) is 20.3 Å². The normalized spacial score (nSPS) is 15.5. The summed E-state index contributed by atoms with van der Waals surface area (Å²) in [5, 5.41) is 5.03. The van der Waals surface area contributed by atoms with Crippen LogP contribution in [0, 0.1) is 0 Å². The van der Waals surface area contributed by atoms with Gasteiger partial charge in [0.05, 0.1) is 25.6 Å². The molecule has 1 saturated heterocycles. The fraction of sp³-hybridized carbons (Fsp3) is 0.438. The number of halogens is 2. The van der Waals surface area contributed by atoms with Crippen molar-refractivity contribution in [3.63, 3.8) is 0 Å². The molecule has 0 radical (unpaired) electrons. The van der Waals surface area contributed by atoms with E-state index in [0.717, 1.165) is 24.1 Å². The fourth-order valence-electron chi connectivity index (χ4n) is 6.27. The smallest absolute Gasteiger partial charge is 0.310 e. The van der Waals surface area contributed by atoms with Gasteiger partial charge in [-0.05, 0) is 54.7 Å². The summed E-state index contributed by atoms with van der Waals surface area (Å²) in [4.78, 5) is 32.7. The number of carbonyl (C=O) groups excluding carboxylic acids is 2. The fourth-order valence-corrected chi connectivity index (χ4v) is 6.27. The van der Waals surface area contributed by atoms with Gasteiger partial charge >= 0.3 is 5.97 Å². The number of pyridine rings is 1. The first-order chi connectivity index (χ1) is 21.2. The minimum Gasteiger partial charge on any atom is -0.466 e. The number of anilines is 2. The second kappa shape index (κ2) is 12.4. The third-order valence-corrected chi connectivity index (χ3v) is 8.57. The summed E-state index contributed by atoms with van der Waals surface area (Å²) in [5.41, 5.74) is 4.35. The number of imidazole rings is 1. The summed E-state index contributed by atoms with van der Waals surface area (Å²) >= 11 is 0. The molecule has 10 nitrogen and oxygen atoms in total. The Bertz CT molecular complexity index is 1690. The first-order valence-corrected chi connectivity index (χ1v) is 15.0. The Balaban J connectivity index is 1.42. The van der Waals surface area contributed by atoms with Crippen molar-refractivity contribution < 1.29 is 27.8 Å². The molecule has 1 aromatic carbocycles. The molecule has 12 heteroatoms. The molecule has 44 heavy (non-hydrogen) atoms. The maximum Gasteiger partial charge on any atom is 0.310 e. The van der Waals surface area contributed by atoms with Crippen LogP contribution in [0.3, 0.4) is 0 Å². The highest BCUT2D eigenvalue weighted by Gasteiger charge is 2.32. The summed E-state index contributed by atoms with van der Waals surface area (Å²) in [6.45, 7) is 5.85. The van der Waals surface area contributed by atoms with Crippen molar-refractivity contribution in [1.29, 1.82) is 0 Å². The van der Waals surface area contributed by atoms with E-state index in [9.17, 15) is 18.4 Å². The van der Waals surface area contributed by atoms with Gasteiger partial charge in [0.15, 0.2) is 5.82 Å². The van der Waals surface area contributed by atoms with Gasteiger partial charge < -0.3 is 23.7 Å². The number of nitrogens with zero attached hydrogens (tertiary/aromatic N) is 6. The highest BCUT2D eigenvalue weighted by Crippen LogP contribution is 2.40. The molecule has 0 aliphatic carbocycles. The molecule has 2 aliphatic rings. The zero-order valence-electron chi connectivity index (χ0n) is 25.1. The lowest BCUT2D eigenvalue weighted by Crippen LogP contribution is -2.35. The van der Waals surface area contributed by atoms with Crippen molar-refractivity contribution in [2.24, 2.45) is 0 Å². The largest absolute Gasteiger partial charge is 0.466 e. The van der Waals surface area contributed by atoms with E-state index in [1.165, 1.54) is 6.07 Å². The molecule has 0 bridgehead atoms. The maximum atomic E-state index is 14.8. The number of esters is 1. The van der Waals surface area contributed by atoms with Crippen LogP contribution in [0.1, 0.15) is 61.5 Å². The molecular weight excluding hydrogens is 570 g/mol. The number of alkyl halides is 2. The predicted octanol–water partition coefficient (Wildman–Crippen LogP) is 5.27. The molecule has 0 atom stereocenters. The lowest BCUT2D eigenvalue weighted by atomic mass is 9.94. The van der Waals surface area contributed by atoms with Crippen LogP contribution in [0.5, 0.6) is 0 Å². The minimum atomic E-state index is -2.79. The van der Waals surface area contributed by atoms with E-state index in [-0.39, 0.29) is 30.5 Å². The number of hydrogen-bond donors (Lipinski definition) is 0. The first-order valence-electron chi connectivity index (χ1n) is 15.0. The summed E-state index contributed by atoms with van der Waals surface area (Å²) in [7, 11) is 1.82. The maximum absolute atomic E-state index is 14.8. The molecular formula is C32H36F2N6O4. The van der Waals surface area contributed by atoms with Crippen molar-refractivity contribution >= 4 is 29.0 Å². The van der Waals surface area contributed by atoms with Crippen molar-refractivity contribution in [1.82, 2.24) is 24.1 Å². The van der Waals surface area contributed by atoms with Crippen LogP contribution in [-0.4, -0.2) is 69.4 Å². The average molecular weight is 607 g/mol. The van der Waals surface area contributed by atoms with E-state index in [1.54, 1.807) is 59.9 Å². The average Bonchev–Trinajstić information content (AvgIpc) is 3.64. The van der Waals surface area contributed by atoms with Crippen molar-refractivity contribution in [2.45, 2.75) is 58.5 Å². The Hall–Kier alpha value is -4.32. The second-order valence-electron chi connectivity index (χ2n) is 11.2. The molecule has 0 N–H and O–H groups in total. The van der Waals surface area contributed by atoms with Gasteiger partial charge in [-0.3, -0.25) is 14.3 Å². The Labute approximate surface area is 254 Å². The number of benzene rings is 1. The van der Waals surface area contributed by atoms with Gasteiger partial charge in [0.1, 0.15) is 5.65 Å². The highest BCUT2D eigenvalue weighted by atomic mass is 19.3. The Morgan fingerprint density at radius 2 is 1.98 bits per heavy atom. The molecule has 1 fully saturated rings. The highest BCUT2D eigenvalue weighted by molar-refractivity contribution is 5.82. The van der Waals surface area contributed by atoms with Crippen LogP contribution in [0.15, 0.2) is 42.9 Å². The van der Waals surface area contributed by atoms with Gasteiger partial charge in [0, 0.05) is 81.2 Å². The SMILES string of the molecule is CCOC(=O)Cc1cn2ccnc2cc1-c1ccc(N(C)c2nn(C3CCOCC3)c3c2CN(C(C)=O)CC3)cc1C(F)F. The summed E-state index contributed by atoms with van der Waals surface area (Å²) in [6, 6.07) is 6.84. The minimum absolute atomic E-state index is 0.0134. The van der Waals surface area contributed by atoms with Gasteiger partial charge in [-0.1, -0.05) is 6.07 Å². The van der Waals surface area contributed by atoms with Crippen molar-refractivity contribution in [3.05, 3.63) is 65.2 Å². The first kappa shape index (κ1) is 29.7.